The SMILES string of the molecule is C=CCOc1ccc(C2C(C(=O)c3cc4cccc(OC)c4o3)=C(O)C(=O)N2CCN(CC)CC)cc1. The topological polar surface area (TPSA) is 92.4 Å². The molecule has 0 fully saturated rings. The zero-order chi connectivity index (χ0) is 26.5. The average Bonchev–Trinajstić information content (AvgIpc) is 3.47. The van der Waals surface area contributed by atoms with Crippen LogP contribution in [0.3, 0.4) is 0 Å². The molecule has 0 saturated carbocycles. The number of hydrogen-bond donors (Lipinski definition) is 1. The maximum Gasteiger partial charge on any atom is 0.290 e. The Balaban J connectivity index is 1.74. The first kappa shape index (κ1) is 26.0. The number of fused-ring (bicyclic) bond motifs is 1. The summed E-state index contributed by atoms with van der Waals surface area (Å²) in [4.78, 5) is 30.8. The Bertz CT molecular complexity index is 1320. The fourth-order valence-electron chi connectivity index (χ4n) is 4.59. The van der Waals surface area contributed by atoms with Crippen molar-refractivity contribution in [1.82, 2.24) is 9.80 Å². The van der Waals surface area contributed by atoms with Gasteiger partial charge in [0.15, 0.2) is 22.9 Å². The van der Waals surface area contributed by atoms with Crippen molar-refractivity contribution in [1.29, 1.82) is 0 Å². The van der Waals surface area contributed by atoms with Crippen LogP contribution in [0.2, 0.25) is 0 Å². The highest BCUT2D eigenvalue weighted by atomic mass is 16.5. The molecule has 1 aliphatic heterocycles. The number of nitrogens with zero attached hydrogens (tertiary/aromatic N) is 2. The van der Waals surface area contributed by atoms with E-state index in [2.05, 4.69) is 25.3 Å². The smallest absolute Gasteiger partial charge is 0.290 e. The van der Waals surface area contributed by atoms with Gasteiger partial charge in [0.1, 0.15) is 12.4 Å². The van der Waals surface area contributed by atoms with Crippen molar-refractivity contribution in [2.24, 2.45) is 0 Å². The van der Waals surface area contributed by atoms with E-state index in [0.717, 1.165) is 13.1 Å². The van der Waals surface area contributed by atoms with E-state index in [1.54, 1.807) is 53.4 Å². The number of methoxy groups -OCH3 is 1. The second-order valence-electron chi connectivity index (χ2n) is 8.68. The molecule has 0 bridgehead atoms. The summed E-state index contributed by atoms with van der Waals surface area (Å²) in [6.07, 6.45) is 1.65. The van der Waals surface area contributed by atoms with Crippen molar-refractivity contribution >= 4 is 22.7 Å². The van der Waals surface area contributed by atoms with Gasteiger partial charge < -0.3 is 28.8 Å². The third-order valence-electron chi connectivity index (χ3n) is 6.62. The lowest BCUT2D eigenvalue weighted by Gasteiger charge is -2.29. The molecule has 0 aliphatic carbocycles. The van der Waals surface area contributed by atoms with Crippen LogP contribution < -0.4 is 9.47 Å². The Morgan fingerprint density at radius 3 is 2.57 bits per heavy atom. The lowest BCUT2D eigenvalue weighted by Crippen LogP contribution is -2.38. The van der Waals surface area contributed by atoms with E-state index in [1.165, 1.54) is 7.11 Å². The van der Waals surface area contributed by atoms with Gasteiger partial charge in [-0.2, -0.15) is 0 Å². The number of hydrogen-bond acceptors (Lipinski definition) is 7. The molecule has 0 spiro atoms. The normalized spacial score (nSPS) is 15.6. The molecule has 1 unspecified atom stereocenters. The van der Waals surface area contributed by atoms with Gasteiger partial charge in [0, 0.05) is 18.5 Å². The molecule has 8 nitrogen and oxygen atoms in total. The number of Topliss-reactive ketones (excluding diaryl/α,β-unsaturated/α-hetero) is 1. The Morgan fingerprint density at radius 1 is 1.19 bits per heavy atom. The van der Waals surface area contributed by atoms with E-state index < -0.39 is 23.5 Å². The lowest BCUT2D eigenvalue weighted by molar-refractivity contribution is -0.129. The molecule has 0 radical (unpaired) electrons. The molecule has 0 saturated heterocycles. The van der Waals surface area contributed by atoms with E-state index in [1.807, 2.05) is 6.07 Å². The molecule has 1 amide bonds. The number of ketones is 1. The fourth-order valence-corrected chi connectivity index (χ4v) is 4.59. The van der Waals surface area contributed by atoms with E-state index in [0.29, 0.717) is 47.7 Å². The second kappa shape index (κ2) is 11.3. The van der Waals surface area contributed by atoms with E-state index in [-0.39, 0.29) is 11.3 Å². The third kappa shape index (κ3) is 5.11. The van der Waals surface area contributed by atoms with Gasteiger partial charge in [-0.3, -0.25) is 9.59 Å². The molecule has 1 atom stereocenters. The molecule has 37 heavy (non-hydrogen) atoms. The van der Waals surface area contributed by atoms with Crippen LogP contribution in [0, 0.1) is 0 Å². The molecular formula is C29H32N2O6. The Morgan fingerprint density at radius 2 is 1.92 bits per heavy atom. The molecule has 2 heterocycles. The van der Waals surface area contributed by atoms with Gasteiger partial charge in [0.2, 0.25) is 5.78 Å². The molecule has 2 aromatic carbocycles. The Labute approximate surface area is 216 Å². The van der Waals surface area contributed by atoms with Crippen molar-refractivity contribution in [3.8, 4) is 11.5 Å². The van der Waals surface area contributed by atoms with Crippen LogP contribution in [-0.4, -0.2) is 66.5 Å². The molecular weight excluding hydrogens is 472 g/mol. The Hall–Kier alpha value is -4.04. The predicted octanol–water partition coefficient (Wildman–Crippen LogP) is 4.93. The van der Waals surface area contributed by atoms with Crippen molar-refractivity contribution in [3.05, 3.63) is 83.8 Å². The quantitative estimate of drug-likeness (QED) is 0.276. The standard InChI is InChI=1S/C29H32N2O6/c1-5-17-36-21-13-11-19(12-14-21)25-24(27(33)29(34)31(25)16-15-30(6-2)7-3)26(32)23-18-20-9-8-10-22(35-4)28(20)37-23/h5,8-14,18,25,33H,1,6-7,15-17H2,2-4H3. The van der Waals surface area contributed by atoms with Crippen molar-refractivity contribution < 1.29 is 28.6 Å². The number of ether oxygens (including phenoxy) is 2. The number of aliphatic hydroxyl groups excluding tert-OH is 1. The average molecular weight is 505 g/mol. The van der Waals surface area contributed by atoms with Gasteiger partial charge in [-0.1, -0.05) is 50.8 Å². The van der Waals surface area contributed by atoms with Gasteiger partial charge in [-0.15, -0.1) is 0 Å². The summed E-state index contributed by atoms with van der Waals surface area (Å²) in [7, 11) is 1.52. The first-order valence-electron chi connectivity index (χ1n) is 12.3. The van der Waals surface area contributed by atoms with Crippen LogP contribution in [0.25, 0.3) is 11.0 Å². The predicted molar refractivity (Wildman–Crippen MR) is 141 cm³/mol. The summed E-state index contributed by atoms with van der Waals surface area (Å²) in [5.74, 6) is -0.546. The van der Waals surface area contributed by atoms with Crippen LogP contribution in [0.15, 0.2) is 76.9 Å². The maximum absolute atomic E-state index is 13.8. The zero-order valence-electron chi connectivity index (χ0n) is 21.4. The summed E-state index contributed by atoms with van der Waals surface area (Å²) >= 11 is 0. The number of carbonyl (C=O) groups excluding carboxylic acids is 2. The number of rotatable bonds is 12. The van der Waals surface area contributed by atoms with Crippen molar-refractivity contribution in [2.45, 2.75) is 19.9 Å². The fraction of sp³-hybridized carbons (Fsp3) is 0.310. The first-order valence-corrected chi connectivity index (χ1v) is 12.3. The summed E-state index contributed by atoms with van der Waals surface area (Å²) in [6.45, 7) is 10.7. The van der Waals surface area contributed by atoms with Crippen LogP contribution in [-0.2, 0) is 4.79 Å². The molecule has 3 aromatic rings. The highest BCUT2D eigenvalue weighted by Crippen LogP contribution is 2.40. The van der Waals surface area contributed by atoms with Gasteiger partial charge in [0.05, 0.1) is 18.7 Å². The monoisotopic (exact) mass is 504 g/mol. The highest BCUT2D eigenvalue weighted by Gasteiger charge is 2.44. The van der Waals surface area contributed by atoms with Crippen LogP contribution in [0.5, 0.6) is 11.5 Å². The number of para-hydroxylation sites is 1. The molecule has 4 rings (SSSR count). The molecule has 194 valence electrons. The van der Waals surface area contributed by atoms with Crippen molar-refractivity contribution in [3.63, 3.8) is 0 Å². The first-order chi connectivity index (χ1) is 17.9. The minimum absolute atomic E-state index is 0.0117. The number of aliphatic hydroxyl groups is 1. The summed E-state index contributed by atoms with van der Waals surface area (Å²) < 4.78 is 16.8. The van der Waals surface area contributed by atoms with Gasteiger partial charge in [-0.25, -0.2) is 0 Å². The van der Waals surface area contributed by atoms with Gasteiger partial charge >= 0.3 is 0 Å². The van der Waals surface area contributed by atoms with Crippen LogP contribution in [0.4, 0.5) is 0 Å². The number of furan rings is 1. The minimum Gasteiger partial charge on any atom is -0.503 e. The van der Waals surface area contributed by atoms with E-state index in [9.17, 15) is 14.7 Å². The largest absolute Gasteiger partial charge is 0.503 e. The molecule has 1 N–H and O–H groups in total. The van der Waals surface area contributed by atoms with E-state index in [4.69, 9.17) is 13.9 Å². The highest BCUT2D eigenvalue weighted by molar-refractivity contribution is 6.16. The van der Waals surface area contributed by atoms with Crippen molar-refractivity contribution in [2.75, 3.05) is 39.9 Å². The number of carbonyl (C=O) groups is 2. The van der Waals surface area contributed by atoms with Gasteiger partial charge in [-0.05, 0) is 42.9 Å². The van der Waals surface area contributed by atoms with E-state index >= 15 is 0 Å². The molecule has 1 aromatic heterocycles. The maximum atomic E-state index is 13.8. The number of benzene rings is 2. The third-order valence-corrected chi connectivity index (χ3v) is 6.62. The summed E-state index contributed by atoms with van der Waals surface area (Å²) in [5, 5.41) is 11.7. The Kier molecular flexibility index (Phi) is 7.98. The zero-order valence-corrected chi connectivity index (χ0v) is 21.4. The van der Waals surface area contributed by atoms with Gasteiger partial charge in [0.25, 0.3) is 5.91 Å². The minimum atomic E-state index is -0.779. The molecule has 8 heteroatoms. The second-order valence-corrected chi connectivity index (χ2v) is 8.68. The summed E-state index contributed by atoms with van der Waals surface area (Å²) in [6, 6.07) is 13.3. The lowest BCUT2D eigenvalue weighted by atomic mass is 9.95. The molecule has 1 aliphatic rings. The number of amides is 1. The summed E-state index contributed by atoms with van der Waals surface area (Å²) in [5.41, 5.74) is 1.10. The van der Waals surface area contributed by atoms with Crippen LogP contribution in [0.1, 0.15) is 36.0 Å². The van der Waals surface area contributed by atoms with Crippen LogP contribution >= 0.6 is 0 Å². The number of likely N-dealkylation sites (N-methyl/N-ethyl adjacent to an activating group) is 1.